The molecule has 0 saturated heterocycles. The predicted molar refractivity (Wildman–Crippen MR) is 68.8 cm³/mol. The summed E-state index contributed by atoms with van der Waals surface area (Å²) in [5, 5.41) is 0. The fourth-order valence-electron chi connectivity index (χ4n) is 1.35. The van der Waals surface area contributed by atoms with Gasteiger partial charge in [0.15, 0.2) is 5.82 Å². The molecular formula is C12H11ClN2S. The molecule has 0 radical (unpaired) electrons. The summed E-state index contributed by atoms with van der Waals surface area (Å²) >= 11 is 7.46. The highest BCUT2D eigenvalue weighted by atomic mass is 35.5. The fraction of sp³-hybridized carbons (Fsp3) is 0.167. The van der Waals surface area contributed by atoms with Gasteiger partial charge in [-0.05, 0) is 24.5 Å². The molecule has 0 unspecified atom stereocenters. The Balaban J connectivity index is 2.34. The number of hydrogen-bond donors (Lipinski definition) is 0. The highest BCUT2D eigenvalue weighted by Gasteiger charge is 2.02. The van der Waals surface area contributed by atoms with Crippen molar-refractivity contribution >= 4 is 23.4 Å². The summed E-state index contributed by atoms with van der Waals surface area (Å²) in [6.07, 6.45) is 3.79. The molecule has 2 aromatic rings. The van der Waals surface area contributed by atoms with Crippen molar-refractivity contribution < 1.29 is 0 Å². The molecule has 1 aromatic carbocycles. The highest BCUT2D eigenvalue weighted by Crippen LogP contribution is 2.20. The maximum absolute atomic E-state index is 5.74. The minimum atomic E-state index is 0.415. The van der Waals surface area contributed by atoms with Crippen molar-refractivity contribution in [3.05, 3.63) is 42.2 Å². The quantitative estimate of drug-likeness (QED) is 0.615. The molecule has 0 aliphatic rings. The number of halogens is 1. The lowest BCUT2D eigenvalue weighted by Gasteiger charge is -2.02. The van der Waals surface area contributed by atoms with E-state index in [-0.39, 0.29) is 0 Å². The van der Waals surface area contributed by atoms with Gasteiger partial charge < -0.3 is 0 Å². The van der Waals surface area contributed by atoms with E-state index in [1.165, 1.54) is 4.90 Å². The van der Waals surface area contributed by atoms with Gasteiger partial charge in [-0.1, -0.05) is 12.1 Å². The van der Waals surface area contributed by atoms with Crippen LogP contribution in [0.1, 0.15) is 5.69 Å². The van der Waals surface area contributed by atoms with Gasteiger partial charge in [0.1, 0.15) is 0 Å². The molecule has 4 heteroatoms. The Morgan fingerprint density at radius 3 is 2.56 bits per heavy atom. The van der Waals surface area contributed by atoms with Gasteiger partial charge in [-0.3, -0.25) is 0 Å². The maximum atomic E-state index is 5.74. The molecule has 0 aliphatic carbocycles. The van der Waals surface area contributed by atoms with Crippen LogP contribution in [0.25, 0.3) is 11.4 Å². The van der Waals surface area contributed by atoms with Crippen LogP contribution in [0.5, 0.6) is 0 Å². The molecule has 16 heavy (non-hydrogen) atoms. The molecule has 0 spiro atoms. The fourth-order valence-corrected chi connectivity index (χ4v) is 1.91. The van der Waals surface area contributed by atoms with Crippen LogP contribution < -0.4 is 0 Å². The van der Waals surface area contributed by atoms with Gasteiger partial charge in [0, 0.05) is 16.7 Å². The Kier molecular flexibility index (Phi) is 3.80. The third kappa shape index (κ3) is 2.54. The van der Waals surface area contributed by atoms with Gasteiger partial charge in [0.2, 0.25) is 0 Å². The van der Waals surface area contributed by atoms with E-state index in [2.05, 4.69) is 28.4 Å². The van der Waals surface area contributed by atoms with E-state index < -0.39 is 0 Å². The first-order chi connectivity index (χ1) is 7.83. The first kappa shape index (κ1) is 11.4. The molecule has 1 aromatic heterocycles. The van der Waals surface area contributed by atoms with Gasteiger partial charge in [0.25, 0.3) is 0 Å². The molecule has 2 rings (SSSR count). The SMILES string of the molecule is CSc1ccc(-c2nccc(CCl)n2)cc1. The molecule has 0 amide bonds. The topological polar surface area (TPSA) is 25.8 Å². The molecule has 2 nitrogen and oxygen atoms in total. The lowest BCUT2D eigenvalue weighted by Crippen LogP contribution is -1.92. The molecule has 1 heterocycles. The van der Waals surface area contributed by atoms with Crippen LogP contribution in [-0.4, -0.2) is 16.2 Å². The van der Waals surface area contributed by atoms with Gasteiger partial charge >= 0.3 is 0 Å². The normalized spacial score (nSPS) is 10.4. The number of alkyl halides is 1. The van der Waals surface area contributed by atoms with Gasteiger partial charge in [-0.25, -0.2) is 9.97 Å². The number of rotatable bonds is 3. The first-order valence-electron chi connectivity index (χ1n) is 4.86. The van der Waals surface area contributed by atoms with E-state index in [0.29, 0.717) is 5.88 Å². The van der Waals surface area contributed by atoms with Crippen molar-refractivity contribution in [2.45, 2.75) is 10.8 Å². The van der Waals surface area contributed by atoms with Gasteiger partial charge in [0.05, 0.1) is 11.6 Å². The molecule has 0 bridgehead atoms. The molecule has 0 atom stereocenters. The number of aromatic nitrogens is 2. The molecule has 0 N–H and O–H groups in total. The maximum Gasteiger partial charge on any atom is 0.159 e. The van der Waals surface area contributed by atoms with Crippen molar-refractivity contribution in [1.29, 1.82) is 0 Å². The number of nitrogens with zero attached hydrogens (tertiary/aromatic N) is 2. The van der Waals surface area contributed by atoms with Crippen LogP contribution in [-0.2, 0) is 5.88 Å². The van der Waals surface area contributed by atoms with Crippen molar-refractivity contribution in [3.8, 4) is 11.4 Å². The summed E-state index contributed by atoms with van der Waals surface area (Å²) in [4.78, 5) is 9.84. The van der Waals surface area contributed by atoms with E-state index in [1.807, 2.05) is 18.2 Å². The minimum Gasteiger partial charge on any atom is -0.237 e. The Labute approximate surface area is 104 Å². The summed E-state index contributed by atoms with van der Waals surface area (Å²) < 4.78 is 0. The monoisotopic (exact) mass is 250 g/mol. The van der Waals surface area contributed by atoms with Gasteiger partial charge in [-0.2, -0.15) is 0 Å². The molecule has 0 aliphatic heterocycles. The van der Waals surface area contributed by atoms with Crippen LogP contribution in [0.2, 0.25) is 0 Å². The Hall–Kier alpha value is -1.06. The average molecular weight is 251 g/mol. The second kappa shape index (κ2) is 5.32. The average Bonchev–Trinajstić information content (AvgIpc) is 2.39. The van der Waals surface area contributed by atoms with Crippen molar-refractivity contribution in [1.82, 2.24) is 9.97 Å². The summed E-state index contributed by atoms with van der Waals surface area (Å²) in [5.74, 6) is 1.14. The summed E-state index contributed by atoms with van der Waals surface area (Å²) in [6.45, 7) is 0. The van der Waals surface area contributed by atoms with E-state index in [0.717, 1.165) is 17.1 Å². The molecule has 0 saturated carbocycles. The van der Waals surface area contributed by atoms with E-state index in [4.69, 9.17) is 11.6 Å². The van der Waals surface area contributed by atoms with E-state index >= 15 is 0 Å². The van der Waals surface area contributed by atoms with Crippen LogP contribution in [0.3, 0.4) is 0 Å². The van der Waals surface area contributed by atoms with Crippen LogP contribution in [0, 0.1) is 0 Å². The highest BCUT2D eigenvalue weighted by molar-refractivity contribution is 7.98. The minimum absolute atomic E-state index is 0.415. The Morgan fingerprint density at radius 1 is 1.19 bits per heavy atom. The van der Waals surface area contributed by atoms with Crippen LogP contribution >= 0.6 is 23.4 Å². The summed E-state index contributed by atoms with van der Waals surface area (Å²) in [7, 11) is 0. The second-order valence-electron chi connectivity index (χ2n) is 3.23. The van der Waals surface area contributed by atoms with Gasteiger partial charge in [-0.15, -0.1) is 23.4 Å². The molecule has 0 fully saturated rings. The third-order valence-corrected chi connectivity index (χ3v) is 3.22. The summed E-state index contributed by atoms with van der Waals surface area (Å²) in [5.41, 5.74) is 1.87. The predicted octanol–water partition coefficient (Wildman–Crippen LogP) is 3.60. The molecule has 82 valence electrons. The number of thioether (sulfide) groups is 1. The van der Waals surface area contributed by atoms with Crippen molar-refractivity contribution in [3.63, 3.8) is 0 Å². The van der Waals surface area contributed by atoms with E-state index in [1.54, 1.807) is 18.0 Å². The molecular weight excluding hydrogens is 240 g/mol. The zero-order chi connectivity index (χ0) is 11.4. The lowest BCUT2D eigenvalue weighted by atomic mass is 10.2. The largest absolute Gasteiger partial charge is 0.237 e. The first-order valence-corrected chi connectivity index (χ1v) is 6.61. The lowest BCUT2D eigenvalue weighted by molar-refractivity contribution is 1.09. The third-order valence-electron chi connectivity index (χ3n) is 2.20. The standard InChI is InChI=1S/C12H11ClN2S/c1-16-11-4-2-9(3-5-11)12-14-7-6-10(8-13)15-12/h2-7H,8H2,1H3. The second-order valence-corrected chi connectivity index (χ2v) is 4.38. The van der Waals surface area contributed by atoms with Crippen LogP contribution in [0.4, 0.5) is 0 Å². The zero-order valence-electron chi connectivity index (χ0n) is 8.85. The summed E-state index contributed by atoms with van der Waals surface area (Å²) in [6, 6.07) is 10.0. The zero-order valence-corrected chi connectivity index (χ0v) is 10.4. The van der Waals surface area contributed by atoms with E-state index in [9.17, 15) is 0 Å². The smallest absolute Gasteiger partial charge is 0.159 e. The number of hydrogen-bond acceptors (Lipinski definition) is 3. The van der Waals surface area contributed by atoms with Crippen molar-refractivity contribution in [2.24, 2.45) is 0 Å². The number of benzene rings is 1. The Bertz CT molecular complexity index is 471. The van der Waals surface area contributed by atoms with Crippen molar-refractivity contribution in [2.75, 3.05) is 6.26 Å². The Morgan fingerprint density at radius 2 is 1.94 bits per heavy atom. The van der Waals surface area contributed by atoms with Crippen LogP contribution in [0.15, 0.2) is 41.4 Å².